The van der Waals surface area contributed by atoms with Gasteiger partial charge in [0.2, 0.25) is 5.91 Å². The number of allylic oxidation sites excluding steroid dienone is 5. The summed E-state index contributed by atoms with van der Waals surface area (Å²) in [5.41, 5.74) is 7.86. The van der Waals surface area contributed by atoms with Crippen LogP contribution in [0.2, 0.25) is 0 Å². The highest BCUT2D eigenvalue weighted by Crippen LogP contribution is 2.34. The molecule has 4 N–H and O–H groups in total. The standard InChI is InChI=1S/C27H34N6O2/c1-5-6-7-9-19(2)35-23-13-11-20(12-14-23)25-26(28)29-18-30-27(25)32-22-16-21(17-22)31-24(34)10-8-15-33(3)4/h5-14,18,21-22H,1,15-17H2,2-4H3,(H,31,34)(H3,28,29,30,32)/b7-6-,10-8+,19-9+. The highest BCUT2D eigenvalue weighted by Gasteiger charge is 2.31. The minimum Gasteiger partial charge on any atom is -0.462 e. The van der Waals surface area contributed by atoms with Crippen LogP contribution in [0.15, 0.2) is 79.4 Å². The number of nitrogens with two attached hydrogens (primary N) is 1. The number of benzene rings is 1. The average molecular weight is 475 g/mol. The lowest BCUT2D eigenvalue weighted by Gasteiger charge is -2.36. The maximum atomic E-state index is 12.0. The second-order valence-corrected chi connectivity index (χ2v) is 8.69. The van der Waals surface area contributed by atoms with E-state index in [2.05, 4.69) is 27.2 Å². The summed E-state index contributed by atoms with van der Waals surface area (Å²) in [7, 11) is 3.92. The number of likely N-dealkylation sites (N-methyl/N-ethyl adjacent to an activating group) is 1. The number of hydrogen-bond acceptors (Lipinski definition) is 7. The number of aromatic nitrogens is 2. The summed E-state index contributed by atoms with van der Waals surface area (Å²) in [5.74, 6) is 2.50. The Morgan fingerprint density at radius 3 is 2.63 bits per heavy atom. The number of rotatable bonds is 11. The molecule has 0 spiro atoms. The molecular formula is C27H34N6O2. The summed E-state index contributed by atoms with van der Waals surface area (Å²) in [5, 5.41) is 6.49. The molecule has 1 aliphatic carbocycles. The molecular weight excluding hydrogens is 440 g/mol. The van der Waals surface area contributed by atoms with Crippen LogP contribution in [0.25, 0.3) is 11.1 Å². The van der Waals surface area contributed by atoms with E-state index in [1.54, 1.807) is 12.2 Å². The van der Waals surface area contributed by atoms with Crippen LogP contribution < -0.4 is 21.1 Å². The van der Waals surface area contributed by atoms with Gasteiger partial charge in [-0.3, -0.25) is 4.79 Å². The van der Waals surface area contributed by atoms with E-state index in [1.807, 2.05) is 74.5 Å². The van der Waals surface area contributed by atoms with Crippen LogP contribution in [0.3, 0.4) is 0 Å². The number of hydrogen-bond donors (Lipinski definition) is 3. The van der Waals surface area contributed by atoms with Crippen molar-refractivity contribution < 1.29 is 9.53 Å². The van der Waals surface area contributed by atoms with Crippen molar-refractivity contribution in [3.63, 3.8) is 0 Å². The van der Waals surface area contributed by atoms with E-state index >= 15 is 0 Å². The monoisotopic (exact) mass is 474 g/mol. The first kappa shape index (κ1) is 25.7. The molecule has 8 nitrogen and oxygen atoms in total. The molecule has 1 aromatic carbocycles. The first-order valence-electron chi connectivity index (χ1n) is 11.6. The quantitative estimate of drug-likeness (QED) is 0.257. The lowest BCUT2D eigenvalue weighted by atomic mass is 9.86. The highest BCUT2D eigenvalue weighted by molar-refractivity contribution is 5.88. The molecule has 1 aliphatic rings. The molecule has 1 aromatic heterocycles. The van der Waals surface area contributed by atoms with Crippen LogP contribution in [0.5, 0.6) is 5.75 Å². The van der Waals surface area contributed by atoms with Crippen molar-refractivity contribution in [2.24, 2.45) is 0 Å². The molecule has 0 aliphatic heterocycles. The van der Waals surface area contributed by atoms with Gasteiger partial charge >= 0.3 is 0 Å². The second kappa shape index (κ2) is 12.5. The summed E-state index contributed by atoms with van der Waals surface area (Å²) in [6.07, 6.45) is 13.8. The van der Waals surface area contributed by atoms with Crippen LogP contribution in [0, 0.1) is 0 Å². The number of ether oxygens (including phenoxy) is 1. The molecule has 0 bridgehead atoms. The predicted molar refractivity (Wildman–Crippen MR) is 142 cm³/mol. The summed E-state index contributed by atoms with van der Waals surface area (Å²) in [6, 6.07) is 7.98. The maximum Gasteiger partial charge on any atom is 0.243 e. The van der Waals surface area contributed by atoms with E-state index in [0.717, 1.165) is 42.0 Å². The molecule has 35 heavy (non-hydrogen) atoms. The number of nitrogen functional groups attached to an aromatic ring is 1. The molecule has 8 heteroatoms. The Morgan fingerprint density at radius 2 is 1.94 bits per heavy atom. The predicted octanol–water partition coefficient (Wildman–Crippen LogP) is 3.93. The average Bonchev–Trinajstić information content (AvgIpc) is 2.78. The van der Waals surface area contributed by atoms with Crippen LogP contribution in [-0.4, -0.2) is 53.5 Å². The molecule has 0 saturated heterocycles. The maximum absolute atomic E-state index is 12.0. The Balaban J connectivity index is 1.60. The van der Waals surface area contributed by atoms with Gasteiger partial charge in [-0.25, -0.2) is 9.97 Å². The first-order chi connectivity index (χ1) is 16.9. The third kappa shape index (κ3) is 7.82. The van der Waals surface area contributed by atoms with Crippen molar-refractivity contribution in [2.45, 2.75) is 31.8 Å². The zero-order valence-corrected chi connectivity index (χ0v) is 20.6. The molecule has 184 valence electrons. The van der Waals surface area contributed by atoms with Crippen LogP contribution in [-0.2, 0) is 4.79 Å². The largest absolute Gasteiger partial charge is 0.462 e. The molecule has 1 saturated carbocycles. The summed E-state index contributed by atoms with van der Waals surface area (Å²) < 4.78 is 5.84. The van der Waals surface area contributed by atoms with E-state index in [-0.39, 0.29) is 18.0 Å². The number of carbonyl (C=O) groups excluding carboxylic acids is 1. The number of anilines is 2. The SMILES string of the molecule is C=C/C=C\C=C(/C)Oc1ccc(-c2c(N)ncnc2NC2CC(NC(=O)/C=C/CN(C)C)C2)cc1. The molecule has 0 radical (unpaired) electrons. The van der Waals surface area contributed by atoms with Gasteiger partial charge in [-0.2, -0.15) is 0 Å². The lowest BCUT2D eigenvalue weighted by Crippen LogP contribution is -2.49. The van der Waals surface area contributed by atoms with Gasteiger partial charge in [-0.1, -0.05) is 43.0 Å². The second-order valence-electron chi connectivity index (χ2n) is 8.69. The zero-order valence-electron chi connectivity index (χ0n) is 20.6. The molecule has 0 unspecified atom stereocenters. The van der Waals surface area contributed by atoms with E-state index in [9.17, 15) is 4.79 Å². The zero-order chi connectivity index (χ0) is 25.2. The Bertz CT molecular complexity index is 1100. The molecule has 1 fully saturated rings. The van der Waals surface area contributed by atoms with Gasteiger partial charge < -0.3 is 26.0 Å². The normalized spacial score (nSPS) is 18.0. The van der Waals surface area contributed by atoms with E-state index in [1.165, 1.54) is 6.33 Å². The smallest absolute Gasteiger partial charge is 0.243 e. The fourth-order valence-electron chi connectivity index (χ4n) is 3.64. The third-order valence-electron chi connectivity index (χ3n) is 5.44. The van der Waals surface area contributed by atoms with Crippen LogP contribution >= 0.6 is 0 Å². The van der Waals surface area contributed by atoms with Crippen molar-refractivity contribution >= 4 is 17.5 Å². The Hall–Kier alpha value is -3.91. The van der Waals surface area contributed by atoms with Crippen molar-refractivity contribution in [3.8, 4) is 16.9 Å². The minimum atomic E-state index is -0.0635. The molecule has 1 amide bonds. The summed E-state index contributed by atoms with van der Waals surface area (Å²) >= 11 is 0. The molecule has 0 atom stereocenters. The Labute approximate surface area is 207 Å². The van der Waals surface area contributed by atoms with E-state index in [0.29, 0.717) is 11.6 Å². The minimum absolute atomic E-state index is 0.0635. The Kier molecular flexibility index (Phi) is 9.20. The Morgan fingerprint density at radius 1 is 1.20 bits per heavy atom. The van der Waals surface area contributed by atoms with Crippen molar-refractivity contribution in [2.75, 3.05) is 31.7 Å². The van der Waals surface area contributed by atoms with Crippen LogP contribution in [0.1, 0.15) is 19.8 Å². The van der Waals surface area contributed by atoms with Crippen molar-refractivity contribution in [1.82, 2.24) is 20.2 Å². The van der Waals surface area contributed by atoms with Crippen molar-refractivity contribution in [3.05, 3.63) is 79.4 Å². The number of nitrogens with one attached hydrogen (secondary N) is 2. The lowest BCUT2D eigenvalue weighted by molar-refractivity contribution is -0.117. The van der Waals surface area contributed by atoms with Gasteiger partial charge in [0, 0.05) is 24.7 Å². The van der Waals surface area contributed by atoms with Crippen LogP contribution in [0.4, 0.5) is 11.6 Å². The molecule has 3 rings (SSSR count). The summed E-state index contributed by atoms with van der Waals surface area (Å²) in [6.45, 7) is 6.27. The van der Waals surface area contributed by atoms with Gasteiger partial charge in [0.25, 0.3) is 0 Å². The van der Waals surface area contributed by atoms with E-state index in [4.69, 9.17) is 10.5 Å². The number of carbonyl (C=O) groups is 1. The van der Waals surface area contributed by atoms with Gasteiger partial charge in [0.05, 0.1) is 5.56 Å². The fraction of sp³-hybridized carbons (Fsp3) is 0.296. The number of amides is 1. The third-order valence-corrected chi connectivity index (χ3v) is 5.44. The highest BCUT2D eigenvalue weighted by atomic mass is 16.5. The first-order valence-corrected chi connectivity index (χ1v) is 11.6. The number of nitrogens with zero attached hydrogens (tertiary/aromatic N) is 3. The van der Waals surface area contributed by atoms with Crippen molar-refractivity contribution in [1.29, 1.82) is 0 Å². The topological polar surface area (TPSA) is 105 Å². The fourth-order valence-corrected chi connectivity index (χ4v) is 3.64. The molecule has 2 aromatic rings. The summed E-state index contributed by atoms with van der Waals surface area (Å²) in [4.78, 5) is 22.7. The van der Waals surface area contributed by atoms with Gasteiger partial charge in [-0.05, 0) is 57.6 Å². The van der Waals surface area contributed by atoms with Gasteiger partial charge in [0.15, 0.2) is 0 Å². The van der Waals surface area contributed by atoms with Gasteiger partial charge in [0.1, 0.15) is 29.5 Å². The van der Waals surface area contributed by atoms with Gasteiger partial charge in [-0.15, -0.1) is 0 Å². The molecule has 1 heterocycles. The van der Waals surface area contributed by atoms with E-state index < -0.39 is 0 Å².